The molecule has 5 heteroatoms. The molecule has 4 nitrogen and oxygen atoms in total. The molecule has 1 amide bonds. The summed E-state index contributed by atoms with van der Waals surface area (Å²) >= 11 is 0. The van der Waals surface area contributed by atoms with E-state index in [4.69, 9.17) is 5.73 Å². The fourth-order valence-corrected chi connectivity index (χ4v) is 1.36. The van der Waals surface area contributed by atoms with Gasteiger partial charge in [-0.2, -0.15) is 0 Å². The summed E-state index contributed by atoms with van der Waals surface area (Å²) in [5.41, 5.74) is 6.02. The Morgan fingerprint density at radius 3 is 2.53 bits per heavy atom. The maximum absolute atomic E-state index is 11.8. The second-order valence-electron chi connectivity index (χ2n) is 4.84. The van der Waals surface area contributed by atoms with Crippen LogP contribution in [0.4, 0.5) is 0 Å². The average Bonchev–Trinajstić information content (AvgIpc) is 2.25. The average molecular weight is 258 g/mol. The van der Waals surface area contributed by atoms with Crippen molar-refractivity contribution in [2.24, 2.45) is 11.1 Å². The molecule has 1 heterocycles. The van der Waals surface area contributed by atoms with E-state index >= 15 is 0 Å². The minimum atomic E-state index is -0.175. The van der Waals surface area contributed by atoms with Crippen LogP contribution >= 0.6 is 12.4 Å². The summed E-state index contributed by atoms with van der Waals surface area (Å²) in [7, 11) is 0. The normalized spacial score (nSPS) is 12.5. The molecule has 1 aromatic rings. The third-order valence-corrected chi connectivity index (χ3v) is 2.48. The van der Waals surface area contributed by atoms with Gasteiger partial charge in [-0.15, -0.1) is 12.4 Å². The molecule has 96 valence electrons. The Morgan fingerprint density at radius 2 is 2.12 bits per heavy atom. The summed E-state index contributed by atoms with van der Waals surface area (Å²) in [6.45, 7) is 6.55. The monoisotopic (exact) mass is 257 g/mol. The van der Waals surface area contributed by atoms with E-state index in [1.165, 1.54) is 0 Å². The lowest BCUT2D eigenvalue weighted by Crippen LogP contribution is -2.48. The number of hydrogen-bond acceptors (Lipinski definition) is 3. The summed E-state index contributed by atoms with van der Waals surface area (Å²) in [5.74, 6) is -0.175. The van der Waals surface area contributed by atoms with E-state index in [0.29, 0.717) is 12.2 Å². The van der Waals surface area contributed by atoms with Crippen LogP contribution in [0, 0.1) is 5.41 Å². The number of aromatic nitrogens is 1. The first-order chi connectivity index (χ1) is 7.45. The number of nitrogens with zero attached hydrogens (tertiary/aromatic N) is 1. The van der Waals surface area contributed by atoms with Gasteiger partial charge < -0.3 is 11.1 Å². The minimum Gasteiger partial charge on any atom is -0.346 e. The fourth-order valence-electron chi connectivity index (χ4n) is 1.36. The predicted octanol–water partition coefficient (Wildman–Crippen LogP) is 1.61. The first kappa shape index (κ1) is 15.9. The Kier molecular flexibility index (Phi) is 6.13. The molecule has 0 aliphatic heterocycles. The summed E-state index contributed by atoms with van der Waals surface area (Å²) in [6.07, 6.45) is 1.60. The zero-order valence-electron chi connectivity index (χ0n) is 10.4. The standard InChI is InChI=1S/C12H19N3O.ClH/c1-12(2,3)10(8-13)15-11(16)9-6-4-5-7-14-9;/h4-7,10H,8,13H2,1-3H3,(H,15,16);1H. The zero-order valence-corrected chi connectivity index (χ0v) is 11.3. The van der Waals surface area contributed by atoms with Crippen LogP contribution in [0.1, 0.15) is 31.3 Å². The van der Waals surface area contributed by atoms with Crippen LogP contribution < -0.4 is 11.1 Å². The molecule has 0 radical (unpaired) electrons. The van der Waals surface area contributed by atoms with Gasteiger partial charge in [-0.25, -0.2) is 0 Å². The topological polar surface area (TPSA) is 68.0 Å². The summed E-state index contributed by atoms with van der Waals surface area (Å²) in [5, 5.41) is 2.90. The van der Waals surface area contributed by atoms with Crippen molar-refractivity contribution in [3.8, 4) is 0 Å². The molecular weight excluding hydrogens is 238 g/mol. The molecule has 0 aromatic carbocycles. The van der Waals surface area contributed by atoms with Crippen LogP contribution in [0.15, 0.2) is 24.4 Å². The van der Waals surface area contributed by atoms with Gasteiger partial charge in [0.15, 0.2) is 0 Å². The lowest BCUT2D eigenvalue weighted by atomic mass is 9.86. The van der Waals surface area contributed by atoms with E-state index in [1.54, 1.807) is 24.4 Å². The van der Waals surface area contributed by atoms with Crippen LogP contribution in [-0.2, 0) is 0 Å². The maximum Gasteiger partial charge on any atom is 0.270 e. The van der Waals surface area contributed by atoms with Crippen LogP contribution in [-0.4, -0.2) is 23.5 Å². The Morgan fingerprint density at radius 1 is 1.47 bits per heavy atom. The molecule has 1 rings (SSSR count). The van der Waals surface area contributed by atoms with Crippen molar-refractivity contribution in [3.05, 3.63) is 30.1 Å². The SMILES string of the molecule is CC(C)(C)C(CN)NC(=O)c1ccccn1.Cl. The van der Waals surface area contributed by atoms with Crippen molar-refractivity contribution >= 4 is 18.3 Å². The number of hydrogen-bond donors (Lipinski definition) is 2. The van der Waals surface area contributed by atoms with E-state index in [1.807, 2.05) is 20.8 Å². The van der Waals surface area contributed by atoms with Gasteiger partial charge in [0.25, 0.3) is 5.91 Å². The molecule has 1 unspecified atom stereocenters. The lowest BCUT2D eigenvalue weighted by molar-refractivity contribution is 0.0900. The van der Waals surface area contributed by atoms with Gasteiger partial charge >= 0.3 is 0 Å². The Bertz CT molecular complexity index is 349. The second kappa shape index (κ2) is 6.57. The number of amides is 1. The first-order valence-corrected chi connectivity index (χ1v) is 5.37. The molecule has 0 aliphatic carbocycles. The number of carbonyl (C=O) groups is 1. The van der Waals surface area contributed by atoms with Crippen molar-refractivity contribution in [1.29, 1.82) is 0 Å². The van der Waals surface area contributed by atoms with Crippen molar-refractivity contribution < 1.29 is 4.79 Å². The van der Waals surface area contributed by atoms with E-state index in [-0.39, 0.29) is 29.8 Å². The Hall–Kier alpha value is -1.13. The number of nitrogens with two attached hydrogens (primary N) is 1. The molecule has 1 atom stereocenters. The number of rotatable bonds is 3. The minimum absolute atomic E-state index is 0. The highest BCUT2D eigenvalue weighted by Gasteiger charge is 2.25. The van der Waals surface area contributed by atoms with Crippen LogP contribution in [0.5, 0.6) is 0 Å². The second-order valence-corrected chi connectivity index (χ2v) is 4.84. The number of pyridine rings is 1. The summed E-state index contributed by atoms with van der Waals surface area (Å²) < 4.78 is 0. The van der Waals surface area contributed by atoms with Gasteiger partial charge in [-0.1, -0.05) is 26.8 Å². The van der Waals surface area contributed by atoms with E-state index in [0.717, 1.165) is 0 Å². The Labute approximate surface area is 108 Å². The highest BCUT2D eigenvalue weighted by atomic mass is 35.5. The number of nitrogens with one attached hydrogen (secondary N) is 1. The smallest absolute Gasteiger partial charge is 0.270 e. The third-order valence-electron chi connectivity index (χ3n) is 2.48. The molecule has 0 aliphatic rings. The molecule has 17 heavy (non-hydrogen) atoms. The van der Waals surface area contributed by atoms with E-state index in [2.05, 4.69) is 10.3 Å². The van der Waals surface area contributed by atoms with Crippen LogP contribution in [0.2, 0.25) is 0 Å². The van der Waals surface area contributed by atoms with Gasteiger partial charge in [0.05, 0.1) is 0 Å². The fraction of sp³-hybridized carbons (Fsp3) is 0.500. The van der Waals surface area contributed by atoms with Gasteiger partial charge in [0, 0.05) is 18.8 Å². The molecule has 3 N–H and O–H groups in total. The number of carbonyl (C=O) groups excluding carboxylic acids is 1. The number of halogens is 1. The van der Waals surface area contributed by atoms with Gasteiger partial charge in [0.2, 0.25) is 0 Å². The van der Waals surface area contributed by atoms with Crippen molar-refractivity contribution in [2.45, 2.75) is 26.8 Å². The van der Waals surface area contributed by atoms with Crippen LogP contribution in [0.25, 0.3) is 0 Å². The van der Waals surface area contributed by atoms with Gasteiger partial charge in [-0.05, 0) is 17.5 Å². The van der Waals surface area contributed by atoms with E-state index < -0.39 is 0 Å². The summed E-state index contributed by atoms with van der Waals surface area (Å²) in [6, 6.07) is 5.20. The lowest BCUT2D eigenvalue weighted by Gasteiger charge is -2.30. The molecule has 0 saturated heterocycles. The van der Waals surface area contributed by atoms with E-state index in [9.17, 15) is 4.79 Å². The van der Waals surface area contributed by atoms with Crippen molar-refractivity contribution in [1.82, 2.24) is 10.3 Å². The largest absolute Gasteiger partial charge is 0.346 e. The van der Waals surface area contributed by atoms with Gasteiger partial charge in [0.1, 0.15) is 5.69 Å². The van der Waals surface area contributed by atoms with Crippen LogP contribution in [0.3, 0.4) is 0 Å². The predicted molar refractivity (Wildman–Crippen MR) is 71.2 cm³/mol. The molecule has 0 spiro atoms. The third kappa shape index (κ3) is 4.71. The quantitative estimate of drug-likeness (QED) is 0.864. The van der Waals surface area contributed by atoms with Crippen molar-refractivity contribution in [3.63, 3.8) is 0 Å². The molecular formula is C12H20ClN3O. The van der Waals surface area contributed by atoms with Crippen molar-refractivity contribution in [2.75, 3.05) is 6.54 Å². The highest BCUT2D eigenvalue weighted by Crippen LogP contribution is 2.18. The summed E-state index contributed by atoms with van der Waals surface area (Å²) in [4.78, 5) is 15.8. The first-order valence-electron chi connectivity index (χ1n) is 5.37. The molecule has 1 aromatic heterocycles. The highest BCUT2D eigenvalue weighted by molar-refractivity contribution is 5.92. The molecule has 0 fully saturated rings. The molecule has 0 bridgehead atoms. The van der Waals surface area contributed by atoms with Gasteiger partial charge in [-0.3, -0.25) is 9.78 Å². The zero-order chi connectivity index (χ0) is 12.2. The molecule has 0 saturated carbocycles. The Balaban J connectivity index is 0.00000256. The maximum atomic E-state index is 11.8.